The molecule has 0 saturated carbocycles. The van der Waals surface area contributed by atoms with E-state index in [-0.39, 0.29) is 17.7 Å². The van der Waals surface area contributed by atoms with E-state index in [4.69, 9.17) is 5.73 Å². The third-order valence-corrected chi connectivity index (χ3v) is 3.77. The van der Waals surface area contributed by atoms with Crippen molar-refractivity contribution >= 4 is 12.0 Å². The van der Waals surface area contributed by atoms with Crippen LogP contribution >= 0.6 is 0 Å². The molecule has 0 saturated heterocycles. The Morgan fingerprint density at radius 2 is 1.88 bits per heavy atom. The number of rotatable bonds is 4. The van der Waals surface area contributed by atoms with Crippen molar-refractivity contribution in [1.29, 1.82) is 0 Å². The summed E-state index contributed by atoms with van der Waals surface area (Å²) in [5.74, 6) is -2.33. The topological polar surface area (TPSA) is 56.0 Å². The van der Waals surface area contributed by atoms with Crippen LogP contribution in [0.25, 0.3) is 11.3 Å². The highest BCUT2D eigenvalue weighted by molar-refractivity contribution is 5.79. The van der Waals surface area contributed by atoms with E-state index in [1.54, 1.807) is 6.92 Å². The summed E-state index contributed by atoms with van der Waals surface area (Å²) in [5.41, 5.74) is 1.66. The van der Waals surface area contributed by atoms with Gasteiger partial charge in [0.1, 0.15) is 17.3 Å². The third-order valence-electron chi connectivity index (χ3n) is 3.77. The zero-order chi connectivity index (χ0) is 18.9. The Balaban J connectivity index is 2.87. The van der Waals surface area contributed by atoms with Gasteiger partial charge in [0, 0.05) is 11.1 Å². The number of hydrogen-bond acceptors (Lipinski definition) is 3. The number of aryl methyl sites for hydroxylation is 1. The smallest absolute Gasteiger partial charge is 0.396 e. The van der Waals surface area contributed by atoms with E-state index in [2.05, 4.69) is 4.98 Å². The van der Waals surface area contributed by atoms with Crippen molar-refractivity contribution in [2.75, 3.05) is 5.73 Å². The van der Waals surface area contributed by atoms with Crippen molar-refractivity contribution in [2.45, 2.75) is 32.9 Å². The molecular formula is C17H15F5N2O. The number of aldehydes is 1. The second-order valence-electron chi connectivity index (χ2n) is 5.55. The fourth-order valence-electron chi connectivity index (χ4n) is 2.64. The van der Waals surface area contributed by atoms with Gasteiger partial charge in [-0.05, 0) is 31.0 Å². The molecule has 25 heavy (non-hydrogen) atoms. The summed E-state index contributed by atoms with van der Waals surface area (Å²) in [6, 6.07) is 1.54. The number of carbonyl (C=O) groups excluding carboxylic acids is 1. The molecule has 0 radical (unpaired) electrons. The van der Waals surface area contributed by atoms with Gasteiger partial charge in [0.05, 0.1) is 16.9 Å². The van der Waals surface area contributed by atoms with E-state index in [0.717, 1.165) is 13.0 Å². The first kappa shape index (κ1) is 18.8. The van der Waals surface area contributed by atoms with Gasteiger partial charge in [-0.1, -0.05) is 13.3 Å². The number of hydrogen-bond donors (Lipinski definition) is 1. The minimum atomic E-state index is -4.93. The van der Waals surface area contributed by atoms with Crippen molar-refractivity contribution in [3.8, 4) is 11.3 Å². The molecule has 2 aromatic rings. The molecule has 1 aromatic carbocycles. The van der Waals surface area contributed by atoms with Gasteiger partial charge in [-0.3, -0.25) is 4.79 Å². The van der Waals surface area contributed by atoms with Crippen LogP contribution in [0.2, 0.25) is 0 Å². The van der Waals surface area contributed by atoms with E-state index in [9.17, 15) is 26.7 Å². The van der Waals surface area contributed by atoms with Crippen LogP contribution < -0.4 is 5.73 Å². The number of nitrogens with zero attached hydrogens (tertiary/aromatic N) is 1. The lowest BCUT2D eigenvalue weighted by atomic mass is 9.95. The maximum absolute atomic E-state index is 14.4. The highest BCUT2D eigenvalue weighted by Gasteiger charge is 2.38. The van der Waals surface area contributed by atoms with E-state index >= 15 is 0 Å². The second kappa shape index (κ2) is 6.78. The molecule has 0 aliphatic heterocycles. The predicted molar refractivity (Wildman–Crippen MR) is 83.1 cm³/mol. The highest BCUT2D eigenvalue weighted by Crippen LogP contribution is 2.42. The Hall–Kier alpha value is -2.51. The molecular weight excluding hydrogens is 343 g/mol. The van der Waals surface area contributed by atoms with Crippen molar-refractivity contribution < 1.29 is 26.7 Å². The van der Waals surface area contributed by atoms with E-state index in [1.807, 2.05) is 0 Å². The summed E-state index contributed by atoms with van der Waals surface area (Å²) in [4.78, 5) is 14.9. The van der Waals surface area contributed by atoms with Gasteiger partial charge in [-0.15, -0.1) is 0 Å². The molecule has 2 N–H and O–H groups in total. The SMILES string of the molecule is CCCc1nc(-c2cc(N)c(F)c(C)c2C(F)(F)F)c(F)cc1C=O. The van der Waals surface area contributed by atoms with Gasteiger partial charge in [0.15, 0.2) is 6.29 Å². The van der Waals surface area contributed by atoms with Crippen molar-refractivity contribution in [1.82, 2.24) is 4.98 Å². The highest BCUT2D eigenvalue weighted by atomic mass is 19.4. The lowest BCUT2D eigenvalue weighted by Crippen LogP contribution is -2.14. The average molecular weight is 358 g/mol. The molecule has 3 nitrogen and oxygen atoms in total. The van der Waals surface area contributed by atoms with Gasteiger partial charge in [0.25, 0.3) is 0 Å². The lowest BCUT2D eigenvalue weighted by molar-refractivity contribution is -0.137. The molecule has 0 aliphatic carbocycles. The monoisotopic (exact) mass is 358 g/mol. The first-order valence-corrected chi connectivity index (χ1v) is 7.42. The molecule has 0 spiro atoms. The lowest BCUT2D eigenvalue weighted by Gasteiger charge is -2.18. The molecule has 0 atom stereocenters. The number of benzene rings is 1. The van der Waals surface area contributed by atoms with Crippen molar-refractivity contribution in [2.24, 2.45) is 0 Å². The molecule has 0 aliphatic rings. The second-order valence-corrected chi connectivity index (χ2v) is 5.55. The summed E-state index contributed by atoms with van der Waals surface area (Å²) in [6.45, 7) is 2.70. The first-order valence-electron chi connectivity index (χ1n) is 7.42. The quantitative estimate of drug-likeness (QED) is 0.490. The van der Waals surface area contributed by atoms with Crippen LogP contribution in [0.1, 0.15) is 40.5 Å². The number of anilines is 1. The minimum Gasteiger partial charge on any atom is -0.396 e. The number of pyridine rings is 1. The molecule has 0 amide bonds. The number of halogens is 5. The maximum Gasteiger partial charge on any atom is 0.417 e. The minimum absolute atomic E-state index is 0.0385. The van der Waals surface area contributed by atoms with Crippen LogP contribution in [-0.2, 0) is 12.6 Å². The van der Waals surface area contributed by atoms with Crippen LogP contribution in [-0.4, -0.2) is 11.3 Å². The molecule has 0 bridgehead atoms. The number of aromatic nitrogens is 1. The zero-order valence-electron chi connectivity index (χ0n) is 13.5. The van der Waals surface area contributed by atoms with Gasteiger partial charge in [0.2, 0.25) is 0 Å². The number of nitrogen functional groups attached to an aromatic ring is 1. The number of nitrogens with two attached hydrogens (primary N) is 1. The Bertz CT molecular complexity index is 831. The fourth-order valence-corrected chi connectivity index (χ4v) is 2.64. The Labute approximate surface area is 140 Å². The standard InChI is InChI=1S/C17H15F5N2O/c1-3-4-13-9(7-25)5-11(18)16(24-13)10-6-12(23)15(19)8(2)14(10)17(20,21)22/h5-7H,3-4,23H2,1-2H3. The van der Waals surface area contributed by atoms with Gasteiger partial charge < -0.3 is 5.73 Å². The summed E-state index contributed by atoms with van der Waals surface area (Å²) < 4.78 is 68.5. The van der Waals surface area contributed by atoms with Gasteiger partial charge >= 0.3 is 6.18 Å². The molecule has 8 heteroatoms. The molecule has 0 fully saturated rings. The molecule has 2 rings (SSSR count). The number of carbonyl (C=O) groups is 1. The van der Waals surface area contributed by atoms with E-state index < -0.39 is 45.9 Å². The Morgan fingerprint density at radius 1 is 1.24 bits per heavy atom. The average Bonchev–Trinajstić information content (AvgIpc) is 2.52. The fraction of sp³-hybridized carbons (Fsp3) is 0.294. The normalized spacial score (nSPS) is 11.6. The number of alkyl halides is 3. The maximum atomic E-state index is 14.4. The summed E-state index contributed by atoms with van der Waals surface area (Å²) in [6.07, 6.45) is -3.72. The van der Waals surface area contributed by atoms with E-state index in [1.165, 1.54) is 0 Å². The molecule has 134 valence electrons. The van der Waals surface area contributed by atoms with Crippen molar-refractivity contribution in [3.05, 3.63) is 46.2 Å². The Kier molecular flexibility index (Phi) is 5.10. The summed E-state index contributed by atoms with van der Waals surface area (Å²) in [5, 5.41) is 0. The summed E-state index contributed by atoms with van der Waals surface area (Å²) >= 11 is 0. The zero-order valence-corrected chi connectivity index (χ0v) is 13.5. The largest absolute Gasteiger partial charge is 0.417 e. The van der Waals surface area contributed by atoms with Crippen LogP contribution in [0.15, 0.2) is 12.1 Å². The molecule has 1 heterocycles. The van der Waals surface area contributed by atoms with Gasteiger partial charge in [-0.25, -0.2) is 13.8 Å². The van der Waals surface area contributed by atoms with E-state index in [0.29, 0.717) is 18.8 Å². The molecule has 0 unspecified atom stereocenters. The predicted octanol–water partition coefficient (Wildman–Crippen LogP) is 4.70. The Morgan fingerprint density at radius 3 is 2.40 bits per heavy atom. The van der Waals surface area contributed by atoms with Gasteiger partial charge in [-0.2, -0.15) is 13.2 Å². The summed E-state index contributed by atoms with van der Waals surface area (Å²) in [7, 11) is 0. The third kappa shape index (κ3) is 3.47. The molecule has 1 aromatic heterocycles. The van der Waals surface area contributed by atoms with Crippen LogP contribution in [0.4, 0.5) is 27.6 Å². The first-order chi connectivity index (χ1) is 11.6. The van der Waals surface area contributed by atoms with Crippen LogP contribution in [0.3, 0.4) is 0 Å². The van der Waals surface area contributed by atoms with Crippen LogP contribution in [0.5, 0.6) is 0 Å². The van der Waals surface area contributed by atoms with Crippen LogP contribution in [0, 0.1) is 18.6 Å². The van der Waals surface area contributed by atoms with Crippen molar-refractivity contribution in [3.63, 3.8) is 0 Å².